The number of aliphatic carboxylic acids is 1. The Morgan fingerprint density at radius 2 is 2.13 bits per heavy atom. The first-order chi connectivity index (χ1) is 6.94. The maximum Gasteiger partial charge on any atom is 0.307 e. The van der Waals surface area contributed by atoms with Crippen molar-refractivity contribution < 1.29 is 9.90 Å². The zero-order chi connectivity index (χ0) is 11.2. The molecule has 0 amide bonds. The van der Waals surface area contributed by atoms with Crippen molar-refractivity contribution in [2.45, 2.75) is 26.7 Å². The lowest BCUT2D eigenvalue weighted by Gasteiger charge is -2.02. The number of aryl methyl sites for hydroxylation is 1. The molecule has 0 saturated heterocycles. The molecule has 0 unspecified atom stereocenters. The van der Waals surface area contributed by atoms with E-state index >= 15 is 0 Å². The van der Waals surface area contributed by atoms with Gasteiger partial charge in [0.2, 0.25) is 0 Å². The van der Waals surface area contributed by atoms with Crippen molar-refractivity contribution in [2.75, 3.05) is 0 Å². The summed E-state index contributed by atoms with van der Waals surface area (Å²) in [6, 6.07) is 3.92. The number of nitrogens with zero attached hydrogens (tertiary/aromatic N) is 1. The average Bonchev–Trinajstić information content (AvgIpc) is 2.70. The van der Waals surface area contributed by atoms with Gasteiger partial charge in [0.25, 0.3) is 0 Å². The van der Waals surface area contributed by atoms with Gasteiger partial charge in [-0.05, 0) is 24.0 Å². The minimum Gasteiger partial charge on any atom is -0.481 e. The summed E-state index contributed by atoms with van der Waals surface area (Å²) < 4.78 is 0. The molecule has 2 atom stereocenters. The Labute approximate surface area is 89.2 Å². The number of rotatable bonds is 2. The van der Waals surface area contributed by atoms with E-state index in [1.807, 2.05) is 32.9 Å². The van der Waals surface area contributed by atoms with E-state index in [1.165, 1.54) is 0 Å². The van der Waals surface area contributed by atoms with E-state index < -0.39 is 5.97 Å². The minimum absolute atomic E-state index is 0.114. The number of carboxylic acid groups (broad SMARTS) is 1. The van der Waals surface area contributed by atoms with Crippen LogP contribution in [-0.2, 0) is 4.79 Å². The van der Waals surface area contributed by atoms with Crippen molar-refractivity contribution in [1.82, 2.24) is 4.98 Å². The predicted octanol–water partition coefficient (Wildman–Crippen LogP) is 2.21. The molecule has 1 aromatic rings. The van der Waals surface area contributed by atoms with E-state index in [9.17, 15) is 4.79 Å². The molecule has 1 aromatic heterocycles. The van der Waals surface area contributed by atoms with Crippen LogP contribution >= 0.6 is 0 Å². The highest BCUT2D eigenvalue weighted by Crippen LogP contribution is 2.64. The molecule has 0 spiro atoms. The SMILES string of the molecule is Cc1ccc([C@@H]2[C@@H](C(=O)O)C2(C)C)cn1. The molecule has 3 heteroatoms. The zero-order valence-corrected chi connectivity index (χ0v) is 9.19. The van der Waals surface area contributed by atoms with Crippen molar-refractivity contribution in [3.63, 3.8) is 0 Å². The van der Waals surface area contributed by atoms with Gasteiger partial charge in [0, 0.05) is 17.8 Å². The molecule has 80 valence electrons. The van der Waals surface area contributed by atoms with Gasteiger partial charge in [-0.25, -0.2) is 0 Å². The Kier molecular flexibility index (Phi) is 2.07. The van der Waals surface area contributed by atoms with Crippen LogP contribution in [0.2, 0.25) is 0 Å². The van der Waals surface area contributed by atoms with Gasteiger partial charge >= 0.3 is 5.97 Å². The number of carboxylic acids is 1. The molecule has 3 nitrogen and oxygen atoms in total. The van der Waals surface area contributed by atoms with Crippen molar-refractivity contribution in [1.29, 1.82) is 0 Å². The van der Waals surface area contributed by atoms with Crippen LogP contribution in [0, 0.1) is 18.3 Å². The Hall–Kier alpha value is -1.38. The van der Waals surface area contributed by atoms with Crippen LogP contribution in [0.5, 0.6) is 0 Å². The number of pyridine rings is 1. The average molecular weight is 205 g/mol. The van der Waals surface area contributed by atoms with E-state index in [-0.39, 0.29) is 17.3 Å². The highest BCUT2D eigenvalue weighted by atomic mass is 16.4. The van der Waals surface area contributed by atoms with E-state index in [1.54, 1.807) is 6.20 Å². The van der Waals surface area contributed by atoms with Crippen LogP contribution in [0.25, 0.3) is 0 Å². The molecule has 1 saturated carbocycles. The molecule has 1 fully saturated rings. The largest absolute Gasteiger partial charge is 0.481 e. The van der Waals surface area contributed by atoms with Crippen molar-refractivity contribution in [3.05, 3.63) is 29.6 Å². The molecule has 0 radical (unpaired) electrons. The van der Waals surface area contributed by atoms with Crippen LogP contribution in [0.4, 0.5) is 0 Å². The first-order valence-corrected chi connectivity index (χ1v) is 5.10. The molecule has 15 heavy (non-hydrogen) atoms. The molecule has 1 N–H and O–H groups in total. The fourth-order valence-corrected chi connectivity index (χ4v) is 2.38. The number of carbonyl (C=O) groups is 1. The van der Waals surface area contributed by atoms with E-state index in [2.05, 4.69) is 4.98 Å². The van der Waals surface area contributed by atoms with Gasteiger partial charge in [0.05, 0.1) is 5.92 Å². The second-order valence-electron chi connectivity index (χ2n) is 4.85. The molecule has 1 aliphatic carbocycles. The number of hydrogen-bond donors (Lipinski definition) is 1. The van der Waals surface area contributed by atoms with Gasteiger partial charge in [-0.15, -0.1) is 0 Å². The summed E-state index contributed by atoms with van der Waals surface area (Å²) in [5.41, 5.74) is 1.87. The summed E-state index contributed by atoms with van der Waals surface area (Å²) >= 11 is 0. The van der Waals surface area contributed by atoms with Crippen LogP contribution in [-0.4, -0.2) is 16.1 Å². The Bertz CT molecular complexity index is 395. The monoisotopic (exact) mass is 205 g/mol. The molecule has 0 aliphatic heterocycles. The highest BCUT2D eigenvalue weighted by molar-refractivity contribution is 5.77. The third kappa shape index (κ3) is 1.52. The third-order valence-corrected chi connectivity index (χ3v) is 3.39. The quantitative estimate of drug-likeness (QED) is 0.805. The fraction of sp³-hybridized carbons (Fsp3) is 0.500. The molecule has 0 bridgehead atoms. The lowest BCUT2D eigenvalue weighted by atomic mass is 10.0. The van der Waals surface area contributed by atoms with Gasteiger partial charge in [-0.1, -0.05) is 19.9 Å². The first kappa shape index (κ1) is 10.1. The van der Waals surface area contributed by atoms with Gasteiger partial charge in [0.1, 0.15) is 0 Å². The summed E-state index contributed by atoms with van der Waals surface area (Å²) in [5.74, 6) is -0.851. The number of aromatic nitrogens is 1. The zero-order valence-electron chi connectivity index (χ0n) is 9.19. The van der Waals surface area contributed by atoms with Gasteiger partial charge in [-0.2, -0.15) is 0 Å². The number of hydrogen-bond acceptors (Lipinski definition) is 2. The summed E-state index contributed by atoms with van der Waals surface area (Å²) in [6.07, 6.45) is 1.80. The standard InChI is InChI=1S/C12H15NO2/c1-7-4-5-8(6-13-7)9-10(11(14)15)12(9,2)3/h4-6,9-10H,1-3H3,(H,14,15)/t9-,10+/m1/s1. The van der Waals surface area contributed by atoms with Gasteiger partial charge in [-0.3, -0.25) is 9.78 Å². The maximum absolute atomic E-state index is 11.0. The van der Waals surface area contributed by atoms with Crippen LogP contribution in [0.15, 0.2) is 18.3 Å². The van der Waals surface area contributed by atoms with Crippen molar-refractivity contribution >= 4 is 5.97 Å². The van der Waals surface area contributed by atoms with Crippen molar-refractivity contribution in [2.24, 2.45) is 11.3 Å². The van der Waals surface area contributed by atoms with Crippen molar-refractivity contribution in [3.8, 4) is 0 Å². The molecule has 2 rings (SSSR count). The summed E-state index contributed by atoms with van der Waals surface area (Å²) in [6.45, 7) is 5.92. The molecule has 1 heterocycles. The van der Waals surface area contributed by atoms with Crippen LogP contribution in [0.1, 0.15) is 31.0 Å². The van der Waals surface area contributed by atoms with Crippen LogP contribution in [0.3, 0.4) is 0 Å². The normalized spacial score (nSPS) is 27.4. The Balaban J connectivity index is 2.27. The smallest absolute Gasteiger partial charge is 0.307 e. The van der Waals surface area contributed by atoms with E-state index in [0.717, 1.165) is 11.3 Å². The highest BCUT2D eigenvalue weighted by Gasteiger charge is 2.62. The molecular weight excluding hydrogens is 190 g/mol. The van der Waals surface area contributed by atoms with Gasteiger partial charge in [0.15, 0.2) is 0 Å². The molecular formula is C12H15NO2. The predicted molar refractivity (Wildman–Crippen MR) is 56.6 cm³/mol. The molecule has 1 aliphatic rings. The van der Waals surface area contributed by atoms with E-state index in [4.69, 9.17) is 5.11 Å². The first-order valence-electron chi connectivity index (χ1n) is 5.10. The lowest BCUT2D eigenvalue weighted by molar-refractivity contribution is -0.139. The second kappa shape index (κ2) is 3.05. The van der Waals surface area contributed by atoms with E-state index in [0.29, 0.717) is 0 Å². The molecule has 0 aromatic carbocycles. The second-order valence-corrected chi connectivity index (χ2v) is 4.85. The summed E-state index contributed by atoms with van der Waals surface area (Å²) in [4.78, 5) is 15.2. The topological polar surface area (TPSA) is 50.2 Å². The lowest BCUT2D eigenvalue weighted by Crippen LogP contribution is -2.03. The Morgan fingerprint density at radius 3 is 2.53 bits per heavy atom. The Morgan fingerprint density at radius 1 is 1.47 bits per heavy atom. The fourth-order valence-electron chi connectivity index (χ4n) is 2.38. The summed E-state index contributed by atoms with van der Waals surface area (Å²) in [5, 5.41) is 9.05. The van der Waals surface area contributed by atoms with Gasteiger partial charge < -0.3 is 5.11 Å². The maximum atomic E-state index is 11.0. The van der Waals surface area contributed by atoms with Crippen LogP contribution < -0.4 is 0 Å². The summed E-state index contributed by atoms with van der Waals surface area (Å²) in [7, 11) is 0. The minimum atomic E-state index is -0.703. The third-order valence-electron chi connectivity index (χ3n) is 3.39.